The van der Waals surface area contributed by atoms with Crippen LogP contribution in [0, 0.1) is 0 Å². The van der Waals surface area contributed by atoms with Gasteiger partial charge in [-0.1, -0.05) is 6.07 Å². The Kier molecular flexibility index (Phi) is 3.68. The normalized spacial score (nSPS) is 11.3. The van der Waals surface area contributed by atoms with Crippen molar-refractivity contribution < 1.29 is 8.42 Å². The molecule has 6 heteroatoms. The molecule has 1 N–H and O–H groups in total. The second-order valence-electron chi connectivity index (χ2n) is 4.92. The smallest absolute Gasteiger partial charge is 0.175 e. The lowest BCUT2D eigenvalue weighted by Gasteiger charge is -2.09. The molecular formula is C16H15N3O2S. The van der Waals surface area contributed by atoms with E-state index in [4.69, 9.17) is 0 Å². The highest BCUT2D eigenvalue weighted by molar-refractivity contribution is 7.90. The molecular weight excluding hydrogens is 298 g/mol. The fraction of sp³-hybridized carbons (Fsp3) is 0.0625. The van der Waals surface area contributed by atoms with Gasteiger partial charge in [0.25, 0.3) is 0 Å². The minimum atomic E-state index is -3.21. The van der Waals surface area contributed by atoms with E-state index in [-0.39, 0.29) is 0 Å². The van der Waals surface area contributed by atoms with E-state index in [1.54, 1.807) is 29.1 Å². The van der Waals surface area contributed by atoms with E-state index in [9.17, 15) is 8.42 Å². The zero-order valence-electron chi connectivity index (χ0n) is 12.0. The SMILES string of the molecule is CS(=O)(=O)c1cccc(Nc2ccc(-n3cccn3)cc2)c1. The first-order chi connectivity index (χ1) is 10.5. The summed E-state index contributed by atoms with van der Waals surface area (Å²) in [5.74, 6) is 0. The first-order valence-electron chi connectivity index (χ1n) is 6.70. The molecule has 2 aromatic carbocycles. The molecule has 0 fully saturated rings. The van der Waals surface area contributed by atoms with Crippen LogP contribution in [0.2, 0.25) is 0 Å². The molecule has 1 heterocycles. The molecule has 0 unspecified atom stereocenters. The molecule has 1 aromatic heterocycles. The van der Waals surface area contributed by atoms with Crippen LogP contribution in [0.4, 0.5) is 11.4 Å². The van der Waals surface area contributed by atoms with Crippen LogP contribution in [0.25, 0.3) is 5.69 Å². The van der Waals surface area contributed by atoms with Gasteiger partial charge in [0.05, 0.1) is 10.6 Å². The lowest BCUT2D eigenvalue weighted by Crippen LogP contribution is -1.99. The third-order valence-corrected chi connectivity index (χ3v) is 4.30. The van der Waals surface area contributed by atoms with Crippen molar-refractivity contribution in [3.63, 3.8) is 0 Å². The fourth-order valence-electron chi connectivity index (χ4n) is 2.09. The monoisotopic (exact) mass is 313 g/mol. The lowest BCUT2D eigenvalue weighted by atomic mass is 10.2. The molecule has 0 spiro atoms. The zero-order chi connectivity index (χ0) is 15.6. The third-order valence-electron chi connectivity index (χ3n) is 3.19. The Morgan fingerprint density at radius 3 is 2.41 bits per heavy atom. The van der Waals surface area contributed by atoms with Crippen molar-refractivity contribution in [2.75, 3.05) is 11.6 Å². The first kappa shape index (κ1) is 14.3. The Morgan fingerprint density at radius 1 is 1.00 bits per heavy atom. The molecule has 0 aliphatic rings. The molecule has 5 nitrogen and oxygen atoms in total. The summed E-state index contributed by atoms with van der Waals surface area (Å²) in [6.45, 7) is 0. The Bertz CT molecular complexity index is 870. The van der Waals surface area contributed by atoms with Crippen LogP contribution in [0.5, 0.6) is 0 Å². The number of aromatic nitrogens is 2. The summed E-state index contributed by atoms with van der Waals surface area (Å²) >= 11 is 0. The second kappa shape index (κ2) is 5.65. The van der Waals surface area contributed by atoms with E-state index in [2.05, 4.69) is 10.4 Å². The van der Waals surface area contributed by atoms with Crippen molar-refractivity contribution in [3.05, 3.63) is 67.0 Å². The van der Waals surface area contributed by atoms with Gasteiger partial charge in [0.1, 0.15) is 0 Å². The molecule has 0 amide bonds. The fourth-order valence-corrected chi connectivity index (χ4v) is 2.76. The molecule has 0 saturated heterocycles. The maximum atomic E-state index is 11.6. The minimum absolute atomic E-state index is 0.297. The maximum absolute atomic E-state index is 11.6. The zero-order valence-corrected chi connectivity index (χ0v) is 12.8. The van der Waals surface area contributed by atoms with Gasteiger partial charge in [-0.3, -0.25) is 0 Å². The van der Waals surface area contributed by atoms with Crippen LogP contribution in [-0.2, 0) is 9.84 Å². The van der Waals surface area contributed by atoms with Crippen LogP contribution in [0.15, 0.2) is 71.9 Å². The third kappa shape index (κ3) is 3.17. The average Bonchev–Trinajstić information content (AvgIpc) is 3.02. The van der Waals surface area contributed by atoms with Crippen LogP contribution in [0.3, 0.4) is 0 Å². The minimum Gasteiger partial charge on any atom is -0.355 e. The van der Waals surface area contributed by atoms with E-state index < -0.39 is 9.84 Å². The number of nitrogens with zero attached hydrogens (tertiary/aromatic N) is 2. The standard InChI is InChI=1S/C16H15N3O2S/c1-22(20,21)16-5-2-4-14(12-16)18-13-6-8-15(9-7-13)19-11-3-10-17-19/h2-12,18H,1H3. The summed E-state index contributed by atoms with van der Waals surface area (Å²) in [5, 5.41) is 7.36. The van der Waals surface area contributed by atoms with Gasteiger partial charge in [0.15, 0.2) is 9.84 Å². The molecule has 0 atom stereocenters. The number of sulfone groups is 1. The van der Waals surface area contributed by atoms with Crippen molar-refractivity contribution in [2.24, 2.45) is 0 Å². The lowest BCUT2D eigenvalue weighted by molar-refractivity contribution is 0.602. The summed E-state index contributed by atoms with van der Waals surface area (Å²) in [7, 11) is -3.21. The van der Waals surface area contributed by atoms with Crippen molar-refractivity contribution in [1.82, 2.24) is 9.78 Å². The van der Waals surface area contributed by atoms with Crippen LogP contribution in [-0.4, -0.2) is 24.5 Å². The second-order valence-corrected chi connectivity index (χ2v) is 6.94. The topological polar surface area (TPSA) is 64.0 Å². The van der Waals surface area contributed by atoms with Gasteiger partial charge in [-0.15, -0.1) is 0 Å². The highest BCUT2D eigenvalue weighted by atomic mass is 32.2. The predicted molar refractivity (Wildman–Crippen MR) is 86.4 cm³/mol. The quantitative estimate of drug-likeness (QED) is 0.804. The van der Waals surface area contributed by atoms with Crippen LogP contribution in [0.1, 0.15) is 0 Å². The Morgan fingerprint density at radius 2 is 1.77 bits per heavy atom. The molecule has 0 bridgehead atoms. The van der Waals surface area contributed by atoms with Gasteiger partial charge in [0, 0.05) is 30.0 Å². The molecule has 112 valence electrons. The number of nitrogens with one attached hydrogen (secondary N) is 1. The van der Waals surface area contributed by atoms with E-state index in [0.717, 1.165) is 17.1 Å². The predicted octanol–water partition coefficient (Wildman–Crippen LogP) is 3.02. The van der Waals surface area contributed by atoms with Crippen molar-refractivity contribution in [2.45, 2.75) is 4.90 Å². The summed E-state index contributed by atoms with van der Waals surface area (Å²) in [6, 6.07) is 16.3. The van der Waals surface area contributed by atoms with Crippen LogP contribution < -0.4 is 5.32 Å². The average molecular weight is 313 g/mol. The summed E-state index contributed by atoms with van der Waals surface area (Å²) in [6.07, 6.45) is 4.80. The highest BCUT2D eigenvalue weighted by Crippen LogP contribution is 2.21. The molecule has 0 aliphatic heterocycles. The molecule has 22 heavy (non-hydrogen) atoms. The van der Waals surface area contributed by atoms with E-state index in [1.807, 2.05) is 42.6 Å². The number of anilines is 2. The number of benzene rings is 2. The molecule has 0 radical (unpaired) electrons. The van der Waals surface area contributed by atoms with Crippen LogP contribution >= 0.6 is 0 Å². The van der Waals surface area contributed by atoms with Gasteiger partial charge in [-0.05, 0) is 48.5 Å². The first-order valence-corrected chi connectivity index (χ1v) is 8.59. The molecule has 0 aliphatic carbocycles. The van der Waals surface area contributed by atoms with Gasteiger partial charge in [-0.2, -0.15) is 5.10 Å². The molecule has 3 rings (SSSR count). The number of hydrogen-bond acceptors (Lipinski definition) is 4. The number of hydrogen-bond donors (Lipinski definition) is 1. The van der Waals surface area contributed by atoms with Gasteiger partial charge >= 0.3 is 0 Å². The van der Waals surface area contributed by atoms with E-state index in [0.29, 0.717) is 4.90 Å². The number of rotatable bonds is 4. The maximum Gasteiger partial charge on any atom is 0.175 e. The van der Waals surface area contributed by atoms with Crippen molar-refractivity contribution >= 4 is 21.2 Å². The summed E-state index contributed by atoms with van der Waals surface area (Å²) in [4.78, 5) is 0.297. The van der Waals surface area contributed by atoms with E-state index >= 15 is 0 Å². The summed E-state index contributed by atoms with van der Waals surface area (Å²) < 4.78 is 24.9. The van der Waals surface area contributed by atoms with Gasteiger partial charge in [0.2, 0.25) is 0 Å². The van der Waals surface area contributed by atoms with Gasteiger partial charge in [-0.25, -0.2) is 13.1 Å². The van der Waals surface area contributed by atoms with Gasteiger partial charge < -0.3 is 5.32 Å². The Labute approximate surface area is 129 Å². The summed E-state index contributed by atoms with van der Waals surface area (Å²) in [5.41, 5.74) is 2.57. The molecule has 3 aromatic rings. The van der Waals surface area contributed by atoms with E-state index in [1.165, 1.54) is 6.26 Å². The Hall–Kier alpha value is -2.60. The highest BCUT2D eigenvalue weighted by Gasteiger charge is 2.07. The molecule has 0 saturated carbocycles. The Balaban J connectivity index is 1.82. The van der Waals surface area contributed by atoms with Crippen molar-refractivity contribution in [1.29, 1.82) is 0 Å². The largest absolute Gasteiger partial charge is 0.355 e. The van der Waals surface area contributed by atoms with Crippen molar-refractivity contribution in [3.8, 4) is 5.69 Å².